The van der Waals surface area contributed by atoms with Gasteiger partial charge in [-0.2, -0.15) is 0 Å². The number of benzene rings is 2. The first-order chi connectivity index (χ1) is 12.2. The van der Waals surface area contributed by atoms with E-state index >= 15 is 0 Å². The maximum Gasteiger partial charge on any atom is 0.0203 e. The van der Waals surface area contributed by atoms with Gasteiger partial charge in [0.05, 0.1) is 0 Å². The van der Waals surface area contributed by atoms with E-state index in [2.05, 4.69) is 69.3 Å². The predicted octanol–water partition coefficient (Wildman–Crippen LogP) is 7.09. The summed E-state index contributed by atoms with van der Waals surface area (Å²) in [5.74, 6) is 0.932. The van der Waals surface area contributed by atoms with Crippen LogP contribution in [0.4, 0.5) is 0 Å². The molecule has 3 rings (SSSR count). The van der Waals surface area contributed by atoms with Crippen LogP contribution in [0, 0.1) is 5.92 Å². The molecule has 2 aromatic rings. The van der Waals surface area contributed by atoms with Crippen LogP contribution in [0.25, 0.3) is 0 Å². The van der Waals surface area contributed by atoms with Crippen molar-refractivity contribution in [1.82, 2.24) is 0 Å². The van der Waals surface area contributed by atoms with Gasteiger partial charge in [-0.25, -0.2) is 0 Å². The summed E-state index contributed by atoms with van der Waals surface area (Å²) < 4.78 is 0. The van der Waals surface area contributed by atoms with Crippen molar-refractivity contribution in [2.75, 3.05) is 0 Å². The fraction of sp³-hybridized carbons (Fsp3) is 0.520. The number of rotatable bonds is 6. The van der Waals surface area contributed by atoms with E-state index in [-0.39, 0.29) is 5.41 Å². The molecule has 0 amide bonds. The van der Waals surface area contributed by atoms with E-state index in [1.165, 1.54) is 49.7 Å². The van der Waals surface area contributed by atoms with Gasteiger partial charge in [0.15, 0.2) is 0 Å². The molecule has 0 atom stereocenters. The van der Waals surface area contributed by atoms with Gasteiger partial charge >= 0.3 is 0 Å². The summed E-state index contributed by atoms with van der Waals surface area (Å²) in [6, 6.07) is 18.9. The Balaban J connectivity index is 2.02. The third kappa shape index (κ3) is 3.84. The lowest BCUT2D eigenvalue weighted by Crippen LogP contribution is -2.33. The van der Waals surface area contributed by atoms with Crippen molar-refractivity contribution in [3.05, 3.63) is 70.8 Å². The zero-order chi connectivity index (χ0) is 17.7. The topological polar surface area (TPSA) is 0 Å². The fourth-order valence-corrected chi connectivity index (χ4v) is 4.79. The minimum Gasteiger partial charge on any atom is -0.0654 e. The first-order valence-corrected chi connectivity index (χ1v) is 10.4. The third-order valence-corrected chi connectivity index (χ3v) is 6.43. The third-order valence-electron chi connectivity index (χ3n) is 6.43. The maximum atomic E-state index is 2.48. The highest BCUT2D eigenvalue weighted by Crippen LogP contribution is 2.47. The van der Waals surface area contributed by atoms with E-state index < -0.39 is 0 Å². The lowest BCUT2D eigenvalue weighted by Gasteiger charge is -2.42. The first kappa shape index (κ1) is 18.2. The molecule has 0 aromatic heterocycles. The van der Waals surface area contributed by atoms with Gasteiger partial charge in [0.25, 0.3) is 0 Å². The van der Waals surface area contributed by atoms with Crippen molar-refractivity contribution in [2.45, 2.75) is 77.6 Å². The Labute approximate surface area is 154 Å². The fourth-order valence-electron chi connectivity index (χ4n) is 4.79. The monoisotopic (exact) mass is 334 g/mol. The van der Waals surface area contributed by atoms with Gasteiger partial charge in [-0.05, 0) is 66.7 Å². The normalized spacial score (nSPS) is 17.6. The molecular weight excluding hydrogens is 300 g/mol. The van der Waals surface area contributed by atoms with E-state index in [0.29, 0.717) is 0 Å². The molecule has 0 aliphatic heterocycles. The summed E-state index contributed by atoms with van der Waals surface area (Å²) in [6.45, 7) is 6.86. The van der Waals surface area contributed by atoms with Crippen molar-refractivity contribution in [3.63, 3.8) is 0 Å². The van der Waals surface area contributed by atoms with Gasteiger partial charge in [0.1, 0.15) is 0 Å². The van der Waals surface area contributed by atoms with Gasteiger partial charge in [0.2, 0.25) is 0 Å². The molecule has 2 aromatic carbocycles. The van der Waals surface area contributed by atoms with E-state index in [9.17, 15) is 0 Å². The zero-order valence-corrected chi connectivity index (χ0v) is 16.4. The largest absolute Gasteiger partial charge is 0.0654 e. The van der Waals surface area contributed by atoms with E-state index in [4.69, 9.17) is 0 Å². The van der Waals surface area contributed by atoms with Crippen LogP contribution in [-0.2, 0) is 18.3 Å². The van der Waals surface area contributed by atoms with Crippen LogP contribution in [0.15, 0.2) is 48.5 Å². The highest BCUT2D eigenvalue weighted by Gasteiger charge is 2.38. The predicted molar refractivity (Wildman–Crippen MR) is 109 cm³/mol. The van der Waals surface area contributed by atoms with E-state index in [0.717, 1.165) is 18.8 Å². The lowest BCUT2D eigenvalue weighted by molar-refractivity contribution is 0.253. The Bertz CT molecular complexity index is 624. The summed E-state index contributed by atoms with van der Waals surface area (Å²) in [6.07, 6.45) is 10.3. The highest BCUT2D eigenvalue weighted by atomic mass is 14.4. The Morgan fingerprint density at radius 3 is 1.76 bits per heavy atom. The van der Waals surface area contributed by atoms with Gasteiger partial charge in [-0.15, -0.1) is 0 Å². The van der Waals surface area contributed by atoms with Crippen molar-refractivity contribution in [3.8, 4) is 0 Å². The summed E-state index contributed by atoms with van der Waals surface area (Å²) in [4.78, 5) is 0. The SMILES string of the molecule is CCCC1CCC(c2cccc(CC)c2)(c2cccc(CC)c2)CC1. The second-order valence-electron chi connectivity index (χ2n) is 7.92. The van der Waals surface area contributed by atoms with Crippen molar-refractivity contribution < 1.29 is 0 Å². The first-order valence-electron chi connectivity index (χ1n) is 10.4. The highest BCUT2D eigenvalue weighted by molar-refractivity contribution is 5.43. The van der Waals surface area contributed by atoms with Crippen molar-refractivity contribution in [2.24, 2.45) is 5.92 Å². The molecule has 0 heteroatoms. The number of hydrogen-bond donors (Lipinski definition) is 0. The minimum atomic E-state index is 0.223. The summed E-state index contributed by atoms with van der Waals surface area (Å²) >= 11 is 0. The van der Waals surface area contributed by atoms with Gasteiger partial charge in [-0.1, -0.05) is 82.1 Å². The molecule has 0 nitrogen and oxygen atoms in total. The quantitative estimate of drug-likeness (QED) is 0.529. The van der Waals surface area contributed by atoms with Crippen LogP contribution in [0.2, 0.25) is 0 Å². The molecule has 0 radical (unpaired) electrons. The van der Waals surface area contributed by atoms with Crippen LogP contribution in [0.1, 0.15) is 81.5 Å². The van der Waals surface area contributed by atoms with Gasteiger partial charge in [0, 0.05) is 5.41 Å². The molecule has 1 fully saturated rings. The molecule has 25 heavy (non-hydrogen) atoms. The van der Waals surface area contributed by atoms with Gasteiger partial charge < -0.3 is 0 Å². The summed E-state index contributed by atoms with van der Waals surface area (Å²) in [5.41, 5.74) is 6.27. The average molecular weight is 335 g/mol. The lowest BCUT2D eigenvalue weighted by atomic mass is 9.62. The Hall–Kier alpha value is -1.56. The Morgan fingerprint density at radius 2 is 1.32 bits per heavy atom. The molecule has 1 saturated carbocycles. The van der Waals surface area contributed by atoms with Crippen LogP contribution < -0.4 is 0 Å². The standard InChI is InChI=1S/C25H34/c1-4-9-22-14-16-25(17-15-22,23-12-7-10-20(5-2)18-23)24-13-8-11-21(6-3)19-24/h7-8,10-13,18-19,22H,4-6,9,14-17H2,1-3H3. The maximum absolute atomic E-state index is 2.48. The van der Waals surface area contributed by atoms with E-state index in [1.54, 1.807) is 11.1 Å². The molecular formula is C25H34. The molecule has 134 valence electrons. The van der Waals surface area contributed by atoms with Crippen LogP contribution in [-0.4, -0.2) is 0 Å². The second kappa shape index (κ2) is 8.21. The Kier molecular flexibility index (Phi) is 5.99. The summed E-state index contributed by atoms with van der Waals surface area (Å²) in [5, 5.41) is 0. The zero-order valence-electron chi connectivity index (χ0n) is 16.4. The van der Waals surface area contributed by atoms with Crippen LogP contribution in [0.3, 0.4) is 0 Å². The minimum absolute atomic E-state index is 0.223. The summed E-state index contributed by atoms with van der Waals surface area (Å²) in [7, 11) is 0. The molecule has 0 unspecified atom stereocenters. The number of aryl methyl sites for hydroxylation is 2. The van der Waals surface area contributed by atoms with Crippen LogP contribution in [0.5, 0.6) is 0 Å². The molecule has 0 bridgehead atoms. The van der Waals surface area contributed by atoms with Crippen molar-refractivity contribution in [1.29, 1.82) is 0 Å². The smallest absolute Gasteiger partial charge is 0.0203 e. The molecule has 0 heterocycles. The second-order valence-corrected chi connectivity index (χ2v) is 7.92. The molecule has 0 N–H and O–H groups in total. The van der Waals surface area contributed by atoms with E-state index in [1.807, 2.05) is 0 Å². The Morgan fingerprint density at radius 1 is 0.800 bits per heavy atom. The van der Waals surface area contributed by atoms with Crippen molar-refractivity contribution >= 4 is 0 Å². The molecule has 1 aliphatic carbocycles. The molecule has 1 aliphatic rings. The number of hydrogen-bond acceptors (Lipinski definition) is 0. The average Bonchev–Trinajstić information content (AvgIpc) is 2.69. The molecule has 0 spiro atoms. The van der Waals surface area contributed by atoms with Gasteiger partial charge in [-0.3, -0.25) is 0 Å². The van der Waals surface area contributed by atoms with Crippen LogP contribution >= 0.6 is 0 Å². The molecule has 0 saturated heterocycles.